The molecule has 2 N–H and O–H groups in total. The topological polar surface area (TPSA) is 68.2 Å². The van der Waals surface area contributed by atoms with Crippen molar-refractivity contribution in [2.24, 2.45) is 0 Å². The van der Waals surface area contributed by atoms with Crippen LogP contribution in [-0.4, -0.2) is 57.9 Å². The molecular formula is C36H68O5S2. The Labute approximate surface area is 276 Å². The molecule has 0 aromatic carbocycles. The molecule has 5 nitrogen and oxygen atoms in total. The maximum atomic E-state index is 11.0. The summed E-state index contributed by atoms with van der Waals surface area (Å²) < 4.78 is 17.7. The normalized spacial score (nSPS) is 20.3. The number of rotatable bonds is 29. The van der Waals surface area contributed by atoms with E-state index in [-0.39, 0.29) is 13.2 Å². The van der Waals surface area contributed by atoms with Crippen LogP contribution in [-0.2, 0) is 14.2 Å². The second-order valence-electron chi connectivity index (χ2n) is 12.8. The average Bonchev–Trinajstić information content (AvgIpc) is 3.00. The molecule has 7 heteroatoms. The van der Waals surface area contributed by atoms with Gasteiger partial charge in [-0.2, -0.15) is 0 Å². The van der Waals surface area contributed by atoms with Gasteiger partial charge >= 0.3 is 0 Å². The average molecular weight is 645 g/mol. The van der Waals surface area contributed by atoms with Crippen LogP contribution in [0.15, 0.2) is 0 Å². The second kappa shape index (κ2) is 29.1. The summed E-state index contributed by atoms with van der Waals surface area (Å²) in [5, 5.41) is 21.8. The molecule has 0 unspecified atom stereocenters. The molecule has 4 atom stereocenters. The first kappa shape index (κ1) is 40.7. The van der Waals surface area contributed by atoms with Gasteiger partial charge in [0.15, 0.2) is 22.3 Å². The number of aliphatic hydroxyl groups is 2. The maximum absolute atomic E-state index is 11.0. The van der Waals surface area contributed by atoms with Crippen molar-refractivity contribution in [3.63, 3.8) is 0 Å². The van der Waals surface area contributed by atoms with E-state index < -0.39 is 24.4 Å². The first-order chi connectivity index (χ1) is 21.0. The molecule has 0 spiro atoms. The van der Waals surface area contributed by atoms with Crippen molar-refractivity contribution in [3.05, 3.63) is 0 Å². The Morgan fingerprint density at radius 1 is 0.581 bits per heavy atom. The number of aliphatic hydroxyl groups excluding tert-OH is 2. The van der Waals surface area contributed by atoms with Crippen molar-refractivity contribution in [1.82, 2.24) is 0 Å². The van der Waals surface area contributed by atoms with Crippen molar-refractivity contribution in [2.45, 2.75) is 205 Å². The number of thiocarbonyl (C=S) groups is 2. The third kappa shape index (κ3) is 21.9. The molecule has 0 aliphatic carbocycles. The monoisotopic (exact) mass is 644 g/mol. The molecular weight excluding hydrogens is 577 g/mol. The van der Waals surface area contributed by atoms with Crippen LogP contribution in [0.2, 0.25) is 0 Å². The van der Waals surface area contributed by atoms with Gasteiger partial charge in [0, 0.05) is 12.8 Å². The molecule has 1 fully saturated rings. The Hall–Kier alpha value is -0.340. The summed E-state index contributed by atoms with van der Waals surface area (Å²) in [4.78, 5) is 0. The summed E-state index contributed by atoms with van der Waals surface area (Å²) in [6, 6.07) is 0. The van der Waals surface area contributed by atoms with Crippen molar-refractivity contribution < 1.29 is 24.4 Å². The summed E-state index contributed by atoms with van der Waals surface area (Å²) >= 11 is 11.0. The molecule has 254 valence electrons. The predicted octanol–water partition coefficient (Wildman–Crippen LogP) is 10.3. The number of hydrogen-bond acceptors (Lipinski definition) is 7. The van der Waals surface area contributed by atoms with Crippen LogP contribution >= 0.6 is 24.4 Å². The first-order valence-corrected chi connectivity index (χ1v) is 19.1. The number of unbranched alkanes of at least 4 members (excludes halogenated alkanes) is 22. The summed E-state index contributed by atoms with van der Waals surface area (Å²) in [7, 11) is 0. The van der Waals surface area contributed by atoms with E-state index >= 15 is 0 Å². The lowest BCUT2D eigenvalue weighted by Gasteiger charge is -2.39. The van der Waals surface area contributed by atoms with E-state index in [9.17, 15) is 10.2 Å². The summed E-state index contributed by atoms with van der Waals surface area (Å²) in [5.74, 6) is 0. The van der Waals surface area contributed by atoms with E-state index in [0.29, 0.717) is 22.9 Å². The quantitative estimate of drug-likeness (QED) is 0.0620. The Morgan fingerprint density at radius 3 is 1.30 bits per heavy atom. The molecule has 43 heavy (non-hydrogen) atoms. The van der Waals surface area contributed by atoms with E-state index in [1.807, 2.05) is 0 Å². The maximum Gasteiger partial charge on any atom is 0.160 e. The van der Waals surface area contributed by atoms with Crippen LogP contribution in [0.3, 0.4) is 0 Å². The Kier molecular flexibility index (Phi) is 27.5. The smallest absolute Gasteiger partial charge is 0.160 e. The first-order valence-electron chi connectivity index (χ1n) is 18.3. The summed E-state index contributed by atoms with van der Waals surface area (Å²) in [5.41, 5.74) is 0. The Balaban J connectivity index is 2.15. The van der Waals surface area contributed by atoms with Gasteiger partial charge in [-0.1, -0.05) is 155 Å². The molecule has 0 radical (unpaired) electrons. The van der Waals surface area contributed by atoms with Crippen LogP contribution in [0.25, 0.3) is 0 Å². The highest BCUT2D eigenvalue weighted by Gasteiger charge is 2.42. The minimum atomic E-state index is -0.953. The fraction of sp³-hybridized carbons (Fsp3) is 0.944. The van der Waals surface area contributed by atoms with Crippen molar-refractivity contribution in [3.8, 4) is 0 Å². The van der Waals surface area contributed by atoms with Gasteiger partial charge in [-0.25, -0.2) is 0 Å². The van der Waals surface area contributed by atoms with E-state index in [4.69, 9.17) is 38.6 Å². The highest BCUT2D eigenvalue weighted by Crippen LogP contribution is 2.23. The van der Waals surface area contributed by atoms with Crippen LogP contribution in [0.4, 0.5) is 0 Å². The van der Waals surface area contributed by atoms with E-state index in [2.05, 4.69) is 13.8 Å². The number of ether oxygens (including phenoxy) is 3. The predicted molar refractivity (Wildman–Crippen MR) is 189 cm³/mol. The minimum absolute atomic E-state index is 0.177. The lowest BCUT2D eigenvalue weighted by atomic mass is 10.00. The van der Waals surface area contributed by atoms with Gasteiger partial charge in [0.05, 0.1) is 13.2 Å². The van der Waals surface area contributed by atoms with Gasteiger partial charge in [-0.05, 0) is 37.3 Å². The third-order valence-corrected chi connectivity index (χ3v) is 9.36. The van der Waals surface area contributed by atoms with Gasteiger partial charge in [-0.15, -0.1) is 0 Å². The van der Waals surface area contributed by atoms with Gasteiger partial charge in [0.25, 0.3) is 0 Å². The molecule has 0 amide bonds. The van der Waals surface area contributed by atoms with Gasteiger partial charge < -0.3 is 24.4 Å². The van der Waals surface area contributed by atoms with Gasteiger partial charge in [-0.3, -0.25) is 0 Å². The van der Waals surface area contributed by atoms with E-state index in [1.165, 1.54) is 128 Å². The fourth-order valence-corrected chi connectivity index (χ4v) is 6.43. The molecule has 1 aliphatic heterocycles. The highest BCUT2D eigenvalue weighted by atomic mass is 32.1. The molecule has 1 heterocycles. The standard InChI is InChI=1S/C36H68O5S2/c1-3-5-7-9-11-13-15-17-19-21-23-25-27-33(42)40-32-30-39-31(29-37)36(35(32)38)41-34(43)28-26-24-22-20-18-16-14-12-10-8-6-4-2/h31-32,35-38H,3-30H2,1-2H3/t31-,32+,35-,36-/m1/s1. The largest absolute Gasteiger partial charge is 0.479 e. The lowest BCUT2D eigenvalue weighted by molar-refractivity contribution is -0.186. The van der Waals surface area contributed by atoms with Gasteiger partial charge in [0.2, 0.25) is 0 Å². The molecule has 0 aromatic rings. The fourth-order valence-electron chi connectivity index (χ4n) is 5.91. The summed E-state index contributed by atoms with van der Waals surface area (Å²) in [6.07, 6.45) is 29.6. The third-order valence-electron chi connectivity index (χ3n) is 8.76. The van der Waals surface area contributed by atoms with Crippen LogP contribution in [0, 0.1) is 0 Å². The molecule has 1 aliphatic rings. The molecule has 0 saturated carbocycles. The molecule has 0 bridgehead atoms. The zero-order valence-electron chi connectivity index (χ0n) is 28.0. The second-order valence-corrected chi connectivity index (χ2v) is 13.7. The van der Waals surface area contributed by atoms with Crippen LogP contribution in [0.1, 0.15) is 181 Å². The van der Waals surface area contributed by atoms with Gasteiger partial charge in [0.1, 0.15) is 12.2 Å². The van der Waals surface area contributed by atoms with Crippen LogP contribution in [0.5, 0.6) is 0 Å². The molecule has 1 rings (SSSR count). The lowest BCUT2D eigenvalue weighted by Crippen LogP contribution is -2.56. The summed E-state index contributed by atoms with van der Waals surface area (Å²) in [6.45, 7) is 4.47. The zero-order chi connectivity index (χ0) is 31.4. The van der Waals surface area contributed by atoms with Crippen molar-refractivity contribution in [1.29, 1.82) is 0 Å². The minimum Gasteiger partial charge on any atom is -0.479 e. The van der Waals surface area contributed by atoms with Crippen LogP contribution < -0.4 is 0 Å². The molecule has 1 saturated heterocycles. The molecule has 0 aromatic heterocycles. The SMILES string of the molecule is CCCCCCCCCCCCCCC(=S)O[C@H]1[C@H](O)[C@@H](OC(=S)CCCCCCCCCCCCCC)CO[C@@H]1CO. The Morgan fingerprint density at radius 2 is 0.930 bits per heavy atom. The number of hydrogen-bond donors (Lipinski definition) is 2. The van der Waals surface area contributed by atoms with E-state index in [1.54, 1.807) is 0 Å². The van der Waals surface area contributed by atoms with Crippen molar-refractivity contribution >= 4 is 34.5 Å². The zero-order valence-corrected chi connectivity index (χ0v) is 29.7. The highest BCUT2D eigenvalue weighted by molar-refractivity contribution is 7.80. The Bertz CT molecular complexity index is 662. The van der Waals surface area contributed by atoms with E-state index in [0.717, 1.165) is 25.7 Å². The van der Waals surface area contributed by atoms with Crippen molar-refractivity contribution in [2.75, 3.05) is 13.2 Å².